The Bertz CT molecular complexity index is 870. The van der Waals surface area contributed by atoms with Crippen molar-refractivity contribution in [1.82, 2.24) is 4.90 Å². The SMILES string of the molecule is CCCCOc1ccc(C(=O)N(CC)c2ccc(N3CCC(N(C)C)C3)c(F)c2)cc1. The fraction of sp³-hybridized carbons (Fsp3) is 0.480. The van der Waals surface area contributed by atoms with Gasteiger partial charge in [-0.05, 0) is 76.3 Å². The van der Waals surface area contributed by atoms with Crippen molar-refractivity contribution >= 4 is 17.3 Å². The highest BCUT2D eigenvalue weighted by atomic mass is 19.1. The second kappa shape index (κ2) is 10.6. The van der Waals surface area contributed by atoms with Gasteiger partial charge in [0, 0.05) is 36.9 Å². The number of ether oxygens (including phenoxy) is 1. The third kappa shape index (κ3) is 5.56. The zero-order valence-corrected chi connectivity index (χ0v) is 19.1. The number of hydrogen-bond acceptors (Lipinski definition) is 4. The normalized spacial score (nSPS) is 16.1. The summed E-state index contributed by atoms with van der Waals surface area (Å²) in [5.41, 5.74) is 1.73. The molecule has 1 saturated heterocycles. The van der Waals surface area contributed by atoms with Crippen LogP contribution in [0.3, 0.4) is 0 Å². The van der Waals surface area contributed by atoms with Crippen molar-refractivity contribution in [1.29, 1.82) is 0 Å². The monoisotopic (exact) mass is 427 g/mol. The minimum atomic E-state index is -0.289. The number of unbranched alkanes of at least 4 members (excludes halogenated alkanes) is 1. The number of nitrogens with zero attached hydrogens (tertiary/aromatic N) is 3. The van der Waals surface area contributed by atoms with Crippen LogP contribution < -0.4 is 14.5 Å². The van der Waals surface area contributed by atoms with Gasteiger partial charge >= 0.3 is 0 Å². The maximum Gasteiger partial charge on any atom is 0.258 e. The van der Waals surface area contributed by atoms with E-state index < -0.39 is 0 Å². The second-order valence-electron chi connectivity index (χ2n) is 8.26. The number of hydrogen-bond donors (Lipinski definition) is 0. The zero-order valence-electron chi connectivity index (χ0n) is 19.1. The van der Waals surface area contributed by atoms with E-state index in [1.807, 2.05) is 25.1 Å². The highest BCUT2D eigenvalue weighted by Crippen LogP contribution is 2.29. The number of likely N-dealkylation sites (N-methyl/N-ethyl adjacent to an activating group) is 1. The molecule has 1 fully saturated rings. The van der Waals surface area contributed by atoms with E-state index >= 15 is 0 Å². The van der Waals surface area contributed by atoms with Crippen LogP contribution in [0.5, 0.6) is 5.75 Å². The molecule has 6 heteroatoms. The zero-order chi connectivity index (χ0) is 22.4. The lowest BCUT2D eigenvalue weighted by Gasteiger charge is -2.25. The van der Waals surface area contributed by atoms with Crippen molar-refractivity contribution in [3.63, 3.8) is 0 Å². The Balaban J connectivity index is 1.71. The molecule has 0 aliphatic carbocycles. The summed E-state index contributed by atoms with van der Waals surface area (Å²) in [6.07, 6.45) is 3.09. The Hall–Kier alpha value is -2.60. The van der Waals surface area contributed by atoms with Crippen LogP contribution in [0.15, 0.2) is 42.5 Å². The van der Waals surface area contributed by atoms with Gasteiger partial charge < -0.3 is 19.4 Å². The van der Waals surface area contributed by atoms with Crippen LogP contribution in [-0.2, 0) is 0 Å². The first-order valence-corrected chi connectivity index (χ1v) is 11.2. The second-order valence-corrected chi connectivity index (χ2v) is 8.26. The molecule has 0 aromatic heterocycles. The Morgan fingerprint density at radius 3 is 2.48 bits per heavy atom. The number of amides is 1. The molecule has 0 N–H and O–H groups in total. The Morgan fingerprint density at radius 2 is 1.90 bits per heavy atom. The summed E-state index contributed by atoms with van der Waals surface area (Å²) in [6, 6.07) is 12.7. The number of carbonyl (C=O) groups excluding carboxylic acids is 1. The molecule has 0 bridgehead atoms. The van der Waals surface area contributed by atoms with Gasteiger partial charge in [-0.1, -0.05) is 13.3 Å². The van der Waals surface area contributed by atoms with Crippen molar-refractivity contribution in [3.8, 4) is 5.75 Å². The average Bonchev–Trinajstić information content (AvgIpc) is 3.25. The molecule has 0 saturated carbocycles. The van der Waals surface area contributed by atoms with Gasteiger partial charge in [-0.15, -0.1) is 0 Å². The molecule has 1 heterocycles. The predicted octanol–water partition coefficient (Wildman–Crippen LogP) is 4.81. The molecule has 1 aliphatic heterocycles. The van der Waals surface area contributed by atoms with E-state index in [1.54, 1.807) is 23.1 Å². The molecule has 31 heavy (non-hydrogen) atoms. The van der Waals surface area contributed by atoms with Gasteiger partial charge in [-0.25, -0.2) is 4.39 Å². The van der Waals surface area contributed by atoms with Crippen LogP contribution in [0.1, 0.15) is 43.5 Å². The first-order chi connectivity index (χ1) is 14.9. The Labute approximate surface area is 185 Å². The summed E-state index contributed by atoms with van der Waals surface area (Å²) < 4.78 is 20.7. The molecule has 1 atom stereocenters. The largest absolute Gasteiger partial charge is 0.494 e. The topological polar surface area (TPSA) is 36.0 Å². The number of halogens is 1. The fourth-order valence-corrected chi connectivity index (χ4v) is 3.93. The molecule has 168 valence electrons. The van der Waals surface area contributed by atoms with Gasteiger partial charge in [0.1, 0.15) is 11.6 Å². The summed E-state index contributed by atoms with van der Waals surface area (Å²) in [4.78, 5) is 18.9. The molecular weight excluding hydrogens is 393 g/mol. The quantitative estimate of drug-likeness (QED) is 0.538. The minimum absolute atomic E-state index is 0.149. The molecule has 5 nitrogen and oxygen atoms in total. The van der Waals surface area contributed by atoms with E-state index in [2.05, 4.69) is 30.8 Å². The number of carbonyl (C=O) groups is 1. The van der Waals surface area contributed by atoms with Gasteiger partial charge in [-0.3, -0.25) is 4.79 Å². The molecule has 2 aromatic rings. The van der Waals surface area contributed by atoms with Crippen molar-refractivity contribution in [2.75, 3.05) is 50.1 Å². The first kappa shape index (κ1) is 23.1. The van der Waals surface area contributed by atoms with Crippen LogP contribution >= 0.6 is 0 Å². The van der Waals surface area contributed by atoms with E-state index in [-0.39, 0.29) is 11.7 Å². The average molecular weight is 428 g/mol. The third-order valence-corrected chi connectivity index (χ3v) is 5.91. The van der Waals surface area contributed by atoms with Crippen molar-refractivity contribution in [2.24, 2.45) is 0 Å². The lowest BCUT2D eigenvalue weighted by molar-refractivity contribution is 0.0988. The van der Waals surface area contributed by atoms with Gasteiger partial charge in [0.2, 0.25) is 0 Å². The van der Waals surface area contributed by atoms with Crippen molar-refractivity contribution < 1.29 is 13.9 Å². The third-order valence-electron chi connectivity index (χ3n) is 5.91. The molecule has 1 unspecified atom stereocenters. The molecule has 3 rings (SSSR count). The lowest BCUT2D eigenvalue weighted by Crippen LogP contribution is -2.32. The molecular formula is C25H34FN3O2. The lowest BCUT2D eigenvalue weighted by atomic mass is 10.1. The summed E-state index contributed by atoms with van der Waals surface area (Å²) in [5.74, 6) is 0.316. The van der Waals surface area contributed by atoms with E-state index in [4.69, 9.17) is 4.74 Å². The maximum atomic E-state index is 15.0. The van der Waals surface area contributed by atoms with E-state index in [0.29, 0.717) is 36.1 Å². The molecule has 0 radical (unpaired) electrons. The summed E-state index contributed by atoms with van der Waals surface area (Å²) in [7, 11) is 4.12. The van der Waals surface area contributed by atoms with Crippen LogP contribution in [0.4, 0.5) is 15.8 Å². The minimum Gasteiger partial charge on any atom is -0.494 e. The van der Waals surface area contributed by atoms with Gasteiger partial charge in [-0.2, -0.15) is 0 Å². The van der Waals surface area contributed by atoms with E-state index in [9.17, 15) is 9.18 Å². The smallest absolute Gasteiger partial charge is 0.258 e. The summed E-state index contributed by atoms with van der Waals surface area (Å²) >= 11 is 0. The van der Waals surface area contributed by atoms with Crippen molar-refractivity contribution in [3.05, 3.63) is 53.8 Å². The number of rotatable bonds is 9. The maximum absolute atomic E-state index is 15.0. The van der Waals surface area contributed by atoms with Gasteiger partial charge in [0.15, 0.2) is 0 Å². The highest BCUT2D eigenvalue weighted by molar-refractivity contribution is 6.06. The van der Waals surface area contributed by atoms with E-state index in [1.165, 1.54) is 6.07 Å². The van der Waals surface area contributed by atoms with Crippen LogP contribution in [0.25, 0.3) is 0 Å². The first-order valence-electron chi connectivity index (χ1n) is 11.2. The van der Waals surface area contributed by atoms with Crippen LogP contribution in [-0.4, -0.2) is 57.2 Å². The Morgan fingerprint density at radius 1 is 1.16 bits per heavy atom. The predicted molar refractivity (Wildman–Crippen MR) is 125 cm³/mol. The van der Waals surface area contributed by atoms with Gasteiger partial charge in [0.05, 0.1) is 12.3 Å². The highest BCUT2D eigenvalue weighted by Gasteiger charge is 2.26. The molecule has 2 aromatic carbocycles. The number of anilines is 2. The van der Waals surface area contributed by atoms with Crippen molar-refractivity contribution in [2.45, 2.75) is 39.2 Å². The molecule has 1 aliphatic rings. The fourth-order valence-electron chi connectivity index (χ4n) is 3.93. The van der Waals surface area contributed by atoms with E-state index in [0.717, 1.165) is 38.1 Å². The van der Waals surface area contributed by atoms with Crippen LogP contribution in [0, 0.1) is 5.82 Å². The number of benzene rings is 2. The molecule has 0 spiro atoms. The summed E-state index contributed by atoms with van der Waals surface area (Å²) in [6.45, 7) is 6.79. The Kier molecular flexibility index (Phi) is 7.91. The van der Waals surface area contributed by atoms with Crippen LogP contribution in [0.2, 0.25) is 0 Å². The standard InChI is InChI=1S/C25H34FN3O2/c1-5-7-16-31-22-11-8-19(9-12-22)25(30)29(6-2)20-10-13-24(23(26)17-20)28-15-14-21(18-28)27(3)4/h8-13,17,21H,5-7,14-16,18H2,1-4H3. The summed E-state index contributed by atoms with van der Waals surface area (Å²) in [5, 5.41) is 0. The van der Waals surface area contributed by atoms with Gasteiger partial charge in [0.25, 0.3) is 5.91 Å². The molecule has 1 amide bonds.